The van der Waals surface area contributed by atoms with Crippen LogP contribution in [0, 0.1) is 0 Å². The number of ether oxygens (including phenoxy) is 1. The molecule has 0 bridgehead atoms. The molecule has 1 aliphatic heterocycles. The maximum atomic E-state index is 12.8. The lowest BCUT2D eigenvalue weighted by molar-refractivity contribution is 0.0222. The number of anilines is 1. The van der Waals surface area contributed by atoms with Crippen LogP contribution in [0.4, 0.5) is 10.6 Å². The highest BCUT2D eigenvalue weighted by Gasteiger charge is 2.37. The second-order valence-electron chi connectivity index (χ2n) is 8.96. The van der Waals surface area contributed by atoms with Gasteiger partial charge in [0.05, 0.1) is 12.2 Å². The molecule has 1 N–H and O–H groups in total. The van der Waals surface area contributed by atoms with Gasteiger partial charge in [0.2, 0.25) is 0 Å². The second-order valence-corrected chi connectivity index (χ2v) is 8.96. The molecule has 152 valence electrons. The van der Waals surface area contributed by atoms with E-state index in [1.54, 1.807) is 12.4 Å². The minimum atomic E-state index is -0.504. The first kappa shape index (κ1) is 19.0. The van der Waals surface area contributed by atoms with Crippen molar-refractivity contribution >= 4 is 17.6 Å². The minimum absolute atomic E-state index is 0.0687. The molecule has 4 rings (SSSR count). The summed E-state index contributed by atoms with van der Waals surface area (Å²) in [4.78, 5) is 23.7. The number of hydrogen-bond acceptors (Lipinski definition) is 5. The Labute approximate surface area is 166 Å². The van der Waals surface area contributed by atoms with E-state index < -0.39 is 5.60 Å². The van der Waals surface area contributed by atoms with Crippen molar-refractivity contribution in [2.45, 2.75) is 83.4 Å². The van der Waals surface area contributed by atoms with Gasteiger partial charge >= 0.3 is 6.09 Å². The molecule has 1 amide bonds. The van der Waals surface area contributed by atoms with Crippen molar-refractivity contribution in [1.82, 2.24) is 19.3 Å². The van der Waals surface area contributed by atoms with Gasteiger partial charge in [0.1, 0.15) is 17.1 Å². The predicted molar refractivity (Wildman–Crippen MR) is 108 cm³/mol. The van der Waals surface area contributed by atoms with E-state index >= 15 is 0 Å². The molecule has 7 nitrogen and oxygen atoms in total. The van der Waals surface area contributed by atoms with Crippen molar-refractivity contribution in [3.8, 4) is 0 Å². The largest absolute Gasteiger partial charge is 0.444 e. The lowest BCUT2D eigenvalue weighted by Crippen LogP contribution is -2.36. The lowest BCUT2D eigenvalue weighted by Gasteiger charge is -2.29. The van der Waals surface area contributed by atoms with Crippen LogP contribution in [0.5, 0.6) is 0 Å². The summed E-state index contributed by atoms with van der Waals surface area (Å²) in [6.07, 6.45) is 13.3. The van der Waals surface area contributed by atoms with Gasteiger partial charge in [-0.1, -0.05) is 19.3 Å². The number of amides is 1. The number of nitrogens with zero attached hydrogens (tertiary/aromatic N) is 4. The van der Waals surface area contributed by atoms with Crippen LogP contribution in [0.3, 0.4) is 0 Å². The number of aromatic nitrogens is 3. The number of hydrogen-bond donors (Lipinski definition) is 1. The molecule has 7 heteroatoms. The average Bonchev–Trinajstić information content (AvgIpc) is 3.26. The topological polar surface area (TPSA) is 71.8 Å². The zero-order valence-electron chi connectivity index (χ0n) is 17.1. The fourth-order valence-corrected chi connectivity index (χ4v) is 4.33. The minimum Gasteiger partial charge on any atom is -0.444 e. The van der Waals surface area contributed by atoms with Gasteiger partial charge in [-0.15, -0.1) is 0 Å². The van der Waals surface area contributed by atoms with E-state index in [9.17, 15) is 4.79 Å². The van der Waals surface area contributed by atoms with Gasteiger partial charge in [-0.05, 0) is 46.5 Å². The van der Waals surface area contributed by atoms with Crippen molar-refractivity contribution < 1.29 is 9.53 Å². The van der Waals surface area contributed by atoms with E-state index in [0.29, 0.717) is 12.6 Å². The number of carbonyl (C=O) groups is 1. The number of rotatable bonds is 3. The Morgan fingerprint density at radius 3 is 2.71 bits per heavy atom. The smallest absolute Gasteiger partial charge is 0.410 e. The molecule has 2 fully saturated rings. The first-order valence-corrected chi connectivity index (χ1v) is 10.5. The molecule has 0 aromatic carbocycles. The molecular formula is C21H31N5O2. The third-order valence-corrected chi connectivity index (χ3v) is 5.60. The van der Waals surface area contributed by atoms with E-state index in [4.69, 9.17) is 9.72 Å². The Kier molecular flexibility index (Phi) is 5.17. The van der Waals surface area contributed by atoms with Crippen LogP contribution < -0.4 is 5.32 Å². The molecule has 2 aromatic rings. The number of imidazole rings is 1. The Bertz CT molecular complexity index is 835. The van der Waals surface area contributed by atoms with Crippen LogP contribution in [0.1, 0.15) is 77.5 Å². The number of likely N-dealkylation sites (tertiary alicyclic amines) is 1. The summed E-state index contributed by atoms with van der Waals surface area (Å²) in [6, 6.07) is 0.387. The molecule has 0 radical (unpaired) electrons. The molecular weight excluding hydrogens is 354 g/mol. The van der Waals surface area contributed by atoms with Gasteiger partial charge in [-0.25, -0.2) is 9.78 Å². The predicted octanol–water partition coefficient (Wildman–Crippen LogP) is 4.55. The van der Waals surface area contributed by atoms with Crippen LogP contribution in [-0.4, -0.2) is 43.5 Å². The second kappa shape index (κ2) is 7.60. The van der Waals surface area contributed by atoms with E-state index in [1.807, 2.05) is 31.9 Å². The lowest BCUT2D eigenvalue weighted by atomic mass is 9.95. The molecule has 0 spiro atoms. The highest BCUT2D eigenvalue weighted by Crippen LogP contribution is 2.37. The maximum Gasteiger partial charge on any atom is 0.410 e. The summed E-state index contributed by atoms with van der Waals surface area (Å²) in [7, 11) is 0. The van der Waals surface area contributed by atoms with E-state index in [1.165, 1.54) is 32.1 Å². The Morgan fingerprint density at radius 1 is 1.18 bits per heavy atom. The molecule has 3 heterocycles. The summed E-state index contributed by atoms with van der Waals surface area (Å²) in [5.41, 5.74) is 1.24. The SMILES string of the molecule is CC(C)(C)OC(=O)N1CCCC1c1nc2cnccn2c1NC1CCCCC1. The van der Waals surface area contributed by atoms with Gasteiger partial charge in [0, 0.05) is 25.0 Å². The third kappa shape index (κ3) is 3.93. The zero-order chi connectivity index (χ0) is 19.7. The molecule has 1 saturated heterocycles. The maximum absolute atomic E-state index is 12.8. The third-order valence-electron chi connectivity index (χ3n) is 5.60. The highest BCUT2D eigenvalue weighted by atomic mass is 16.6. The Balaban J connectivity index is 1.66. The van der Waals surface area contributed by atoms with E-state index in [-0.39, 0.29) is 12.1 Å². The van der Waals surface area contributed by atoms with E-state index in [2.05, 4.69) is 14.7 Å². The summed E-state index contributed by atoms with van der Waals surface area (Å²) in [6.45, 7) is 6.42. The number of carbonyl (C=O) groups excluding carboxylic acids is 1. The molecule has 28 heavy (non-hydrogen) atoms. The summed E-state index contributed by atoms with van der Waals surface area (Å²) in [5, 5.41) is 3.75. The van der Waals surface area contributed by atoms with Crippen molar-refractivity contribution in [2.75, 3.05) is 11.9 Å². The molecule has 1 atom stereocenters. The molecule has 1 saturated carbocycles. The number of fused-ring (bicyclic) bond motifs is 1. The van der Waals surface area contributed by atoms with Gasteiger partial charge in [-0.2, -0.15) is 0 Å². The summed E-state index contributed by atoms with van der Waals surface area (Å²) < 4.78 is 7.73. The highest BCUT2D eigenvalue weighted by molar-refractivity contribution is 5.70. The van der Waals surface area contributed by atoms with Gasteiger partial charge < -0.3 is 10.1 Å². The van der Waals surface area contributed by atoms with Crippen molar-refractivity contribution in [3.63, 3.8) is 0 Å². The van der Waals surface area contributed by atoms with Crippen LogP contribution in [0.25, 0.3) is 5.65 Å². The normalized spacial score (nSPS) is 21.2. The van der Waals surface area contributed by atoms with Gasteiger partial charge in [0.15, 0.2) is 5.65 Å². The standard InChI is InChI=1S/C21H31N5O2/c1-21(2,3)28-20(27)25-12-7-10-16(25)18-19(23-15-8-5-4-6-9-15)26-13-11-22-14-17(26)24-18/h11,13-16,23H,4-10,12H2,1-3H3. The van der Waals surface area contributed by atoms with Crippen LogP contribution in [0.2, 0.25) is 0 Å². The Hall–Kier alpha value is -2.31. The van der Waals surface area contributed by atoms with E-state index in [0.717, 1.165) is 30.0 Å². The first-order chi connectivity index (χ1) is 13.4. The molecule has 2 aliphatic rings. The quantitative estimate of drug-likeness (QED) is 0.839. The van der Waals surface area contributed by atoms with Crippen LogP contribution in [0.15, 0.2) is 18.6 Å². The first-order valence-electron chi connectivity index (χ1n) is 10.5. The van der Waals surface area contributed by atoms with Gasteiger partial charge in [0.25, 0.3) is 0 Å². The van der Waals surface area contributed by atoms with Crippen molar-refractivity contribution in [2.24, 2.45) is 0 Å². The molecule has 1 aliphatic carbocycles. The fraction of sp³-hybridized carbons (Fsp3) is 0.667. The van der Waals surface area contributed by atoms with Crippen molar-refractivity contribution in [1.29, 1.82) is 0 Å². The van der Waals surface area contributed by atoms with Crippen LogP contribution in [-0.2, 0) is 4.74 Å². The molecule has 1 unspecified atom stereocenters. The molecule has 2 aromatic heterocycles. The Morgan fingerprint density at radius 2 is 1.96 bits per heavy atom. The average molecular weight is 386 g/mol. The zero-order valence-corrected chi connectivity index (χ0v) is 17.1. The monoisotopic (exact) mass is 385 g/mol. The van der Waals surface area contributed by atoms with Gasteiger partial charge in [-0.3, -0.25) is 14.3 Å². The summed E-state index contributed by atoms with van der Waals surface area (Å²) >= 11 is 0. The van der Waals surface area contributed by atoms with Crippen LogP contribution >= 0.6 is 0 Å². The number of nitrogens with one attached hydrogen (secondary N) is 1. The fourth-order valence-electron chi connectivity index (χ4n) is 4.33. The van der Waals surface area contributed by atoms with Crippen molar-refractivity contribution in [3.05, 3.63) is 24.3 Å². The summed E-state index contributed by atoms with van der Waals surface area (Å²) in [5.74, 6) is 1.00.